The van der Waals surface area contributed by atoms with Gasteiger partial charge in [0.25, 0.3) is 0 Å². The van der Waals surface area contributed by atoms with Gasteiger partial charge in [0.15, 0.2) is 0 Å². The Hall–Kier alpha value is 0.350. The lowest BCUT2D eigenvalue weighted by Gasteiger charge is -2.00. The van der Waals surface area contributed by atoms with Crippen molar-refractivity contribution in [3.63, 3.8) is 0 Å². The molecule has 0 unspecified atom stereocenters. The van der Waals surface area contributed by atoms with Crippen molar-refractivity contribution in [2.24, 2.45) is 0 Å². The first kappa shape index (κ1) is 13.4. The van der Waals surface area contributed by atoms with Gasteiger partial charge in [-0.2, -0.15) is 11.8 Å². The summed E-state index contributed by atoms with van der Waals surface area (Å²) in [7, 11) is 0. The molecule has 0 heterocycles. The van der Waals surface area contributed by atoms with Crippen LogP contribution >= 0.6 is 11.8 Å². The van der Waals surface area contributed by atoms with Gasteiger partial charge in [-0.25, -0.2) is 0 Å². The van der Waals surface area contributed by atoms with Crippen LogP contribution in [-0.2, 0) is 0 Å². The van der Waals surface area contributed by atoms with E-state index in [2.05, 4.69) is 18.9 Å². The largest absolute Gasteiger partial charge is 0.161 e. The molecule has 13 heavy (non-hydrogen) atoms. The van der Waals surface area contributed by atoms with Gasteiger partial charge in [0.2, 0.25) is 0 Å². The molecule has 1 radical (unpaired) electrons. The summed E-state index contributed by atoms with van der Waals surface area (Å²) in [6.45, 7) is 2.28. The Morgan fingerprint density at radius 3 is 1.92 bits per heavy atom. The van der Waals surface area contributed by atoms with E-state index >= 15 is 0 Å². The fraction of sp³-hybridized carbons (Fsp3) is 0.917. The summed E-state index contributed by atoms with van der Waals surface area (Å²) in [6.07, 6.45) is 14.9. The van der Waals surface area contributed by atoms with E-state index in [4.69, 9.17) is 0 Å². The average Bonchev–Trinajstić information content (AvgIpc) is 2.16. The van der Waals surface area contributed by atoms with Gasteiger partial charge >= 0.3 is 0 Å². The molecule has 0 aromatic rings. The highest BCUT2D eigenvalue weighted by molar-refractivity contribution is 8.00. The van der Waals surface area contributed by atoms with E-state index in [1.807, 2.05) is 11.8 Å². The standard InChI is InChI=1S/C12H25S/c1-3-4-5-6-7-8-9-10-11-12-13-2/h12H,3-11H2,1-2H3. The Morgan fingerprint density at radius 2 is 1.38 bits per heavy atom. The van der Waals surface area contributed by atoms with Gasteiger partial charge in [-0.3, -0.25) is 0 Å². The van der Waals surface area contributed by atoms with Crippen LogP contribution in [0.25, 0.3) is 0 Å². The maximum absolute atomic E-state index is 2.32. The fourth-order valence-corrected chi connectivity index (χ4v) is 1.88. The van der Waals surface area contributed by atoms with E-state index in [0.29, 0.717) is 0 Å². The van der Waals surface area contributed by atoms with Crippen LogP contribution in [0.15, 0.2) is 0 Å². The third-order valence-corrected chi connectivity index (χ3v) is 2.91. The SMILES string of the molecule is CCCCCCCCCC[CH]SC. The van der Waals surface area contributed by atoms with E-state index in [1.54, 1.807) is 0 Å². The normalized spacial score (nSPS) is 10.6. The van der Waals surface area contributed by atoms with Crippen LogP contribution in [0.3, 0.4) is 0 Å². The molecule has 0 saturated heterocycles. The van der Waals surface area contributed by atoms with Crippen LogP contribution in [0.5, 0.6) is 0 Å². The average molecular weight is 201 g/mol. The molecule has 0 nitrogen and oxygen atoms in total. The van der Waals surface area contributed by atoms with E-state index in [0.717, 1.165) is 0 Å². The zero-order chi connectivity index (χ0) is 9.78. The van der Waals surface area contributed by atoms with Gasteiger partial charge < -0.3 is 0 Å². The number of rotatable bonds is 10. The van der Waals surface area contributed by atoms with E-state index in [1.165, 1.54) is 57.8 Å². The fourth-order valence-electron chi connectivity index (χ4n) is 1.48. The molecule has 0 N–H and O–H groups in total. The first-order valence-electron chi connectivity index (χ1n) is 5.76. The highest BCUT2D eigenvalue weighted by Gasteiger charge is 1.91. The quantitative estimate of drug-likeness (QED) is 0.446. The van der Waals surface area contributed by atoms with Gasteiger partial charge in [-0.05, 0) is 12.7 Å². The van der Waals surface area contributed by atoms with Crippen molar-refractivity contribution in [2.45, 2.75) is 64.7 Å². The lowest BCUT2D eigenvalue weighted by Crippen LogP contribution is -1.80. The molecule has 0 aliphatic rings. The maximum atomic E-state index is 2.32. The molecule has 0 atom stereocenters. The third-order valence-electron chi connectivity index (χ3n) is 2.34. The second-order valence-corrected chi connectivity index (χ2v) is 4.47. The minimum Gasteiger partial charge on any atom is -0.161 e. The van der Waals surface area contributed by atoms with Crippen molar-refractivity contribution < 1.29 is 0 Å². The van der Waals surface area contributed by atoms with Crippen LogP contribution in [0.1, 0.15) is 64.7 Å². The summed E-state index contributed by atoms with van der Waals surface area (Å²) in [6, 6.07) is 0. The molecule has 0 amide bonds. The van der Waals surface area contributed by atoms with Gasteiger partial charge in [-0.15, -0.1) is 0 Å². The molecule has 0 rings (SSSR count). The summed E-state index contributed by atoms with van der Waals surface area (Å²) in [4.78, 5) is 0. The number of thioether (sulfide) groups is 1. The Bertz CT molecular complexity index is 71.2. The first-order chi connectivity index (χ1) is 6.41. The zero-order valence-corrected chi connectivity index (χ0v) is 10.2. The minimum atomic E-state index is 1.30. The van der Waals surface area contributed by atoms with Gasteiger partial charge in [-0.1, -0.05) is 58.3 Å². The summed E-state index contributed by atoms with van der Waals surface area (Å²) in [5.74, 6) is 2.32. The Balaban J connectivity index is 2.76. The summed E-state index contributed by atoms with van der Waals surface area (Å²) >= 11 is 1.85. The molecule has 1 heteroatoms. The zero-order valence-electron chi connectivity index (χ0n) is 9.35. The van der Waals surface area contributed by atoms with Crippen molar-refractivity contribution in [2.75, 3.05) is 6.26 Å². The lowest BCUT2D eigenvalue weighted by atomic mass is 10.1. The number of unbranched alkanes of at least 4 members (excludes halogenated alkanes) is 8. The smallest absolute Gasteiger partial charge is 0.0163 e. The van der Waals surface area contributed by atoms with Gasteiger partial charge in [0.1, 0.15) is 0 Å². The second-order valence-electron chi connectivity index (χ2n) is 3.67. The molecule has 0 aliphatic carbocycles. The topological polar surface area (TPSA) is 0 Å². The molecule has 0 saturated carbocycles. The highest BCUT2D eigenvalue weighted by atomic mass is 32.2. The van der Waals surface area contributed by atoms with Crippen LogP contribution in [0.4, 0.5) is 0 Å². The van der Waals surface area contributed by atoms with Crippen molar-refractivity contribution in [3.05, 3.63) is 5.75 Å². The first-order valence-corrected chi connectivity index (χ1v) is 7.05. The van der Waals surface area contributed by atoms with Crippen LogP contribution in [0.2, 0.25) is 0 Å². The van der Waals surface area contributed by atoms with Crippen LogP contribution in [0, 0.1) is 5.75 Å². The summed E-state index contributed by atoms with van der Waals surface area (Å²) in [5.41, 5.74) is 0. The monoisotopic (exact) mass is 201 g/mol. The predicted octanol–water partition coefficient (Wildman–Crippen LogP) is 5.04. The molecule has 0 spiro atoms. The van der Waals surface area contributed by atoms with Crippen LogP contribution < -0.4 is 0 Å². The van der Waals surface area contributed by atoms with Crippen molar-refractivity contribution >= 4 is 11.8 Å². The molecule has 0 bridgehead atoms. The third kappa shape index (κ3) is 12.4. The highest BCUT2D eigenvalue weighted by Crippen LogP contribution is 2.12. The Morgan fingerprint density at radius 1 is 0.846 bits per heavy atom. The molecule has 0 fully saturated rings. The Labute approximate surface area is 88.9 Å². The van der Waals surface area contributed by atoms with Gasteiger partial charge in [0, 0.05) is 5.75 Å². The summed E-state index contributed by atoms with van der Waals surface area (Å²) in [5, 5.41) is 0. The second kappa shape index (κ2) is 12.3. The number of hydrogen-bond acceptors (Lipinski definition) is 1. The molecule has 0 aliphatic heterocycles. The molecule has 79 valence electrons. The minimum absolute atomic E-state index is 1.30. The van der Waals surface area contributed by atoms with Crippen molar-refractivity contribution in [1.29, 1.82) is 0 Å². The lowest BCUT2D eigenvalue weighted by molar-refractivity contribution is 0.576. The van der Waals surface area contributed by atoms with E-state index in [9.17, 15) is 0 Å². The molecule has 0 aromatic heterocycles. The maximum Gasteiger partial charge on any atom is 0.0163 e. The van der Waals surface area contributed by atoms with E-state index < -0.39 is 0 Å². The van der Waals surface area contributed by atoms with Crippen molar-refractivity contribution in [3.8, 4) is 0 Å². The predicted molar refractivity (Wildman–Crippen MR) is 65.0 cm³/mol. The Kier molecular flexibility index (Phi) is 12.7. The molecular formula is C12H25S. The van der Waals surface area contributed by atoms with E-state index in [-0.39, 0.29) is 0 Å². The van der Waals surface area contributed by atoms with Crippen molar-refractivity contribution in [1.82, 2.24) is 0 Å². The molecule has 0 aromatic carbocycles. The van der Waals surface area contributed by atoms with Crippen LogP contribution in [-0.4, -0.2) is 6.26 Å². The molecular weight excluding hydrogens is 176 g/mol. The summed E-state index contributed by atoms with van der Waals surface area (Å²) < 4.78 is 0. The number of hydrogen-bond donors (Lipinski definition) is 0. The van der Waals surface area contributed by atoms with Gasteiger partial charge in [0.05, 0.1) is 0 Å².